The molecular weight excluding hydrogens is 342 g/mol. The van der Waals surface area contributed by atoms with Gasteiger partial charge in [0.1, 0.15) is 0 Å². The standard InChI is InChI=1S/C15H13N7O4/c1-18-10-12(19(2)15(24)20(3)13(10)23)21-11(16-17-14(18)21)8-4-6-9(7-5-8)22(25)26/h4-7H,1-3H3. The van der Waals surface area contributed by atoms with Crippen molar-refractivity contribution in [3.05, 3.63) is 55.2 Å². The quantitative estimate of drug-likeness (QED) is 0.374. The predicted octanol–water partition coefficient (Wildman–Crippen LogP) is 0.194. The fourth-order valence-corrected chi connectivity index (χ4v) is 3.07. The summed E-state index contributed by atoms with van der Waals surface area (Å²) in [5.41, 5.74) is 0.276. The van der Waals surface area contributed by atoms with Gasteiger partial charge in [-0.05, 0) is 12.1 Å². The van der Waals surface area contributed by atoms with Gasteiger partial charge in [-0.25, -0.2) is 9.20 Å². The van der Waals surface area contributed by atoms with Crippen molar-refractivity contribution in [2.75, 3.05) is 0 Å². The lowest BCUT2D eigenvalue weighted by Crippen LogP contribution is -2.37. The third-order valence-electron chi connectivity index (χ3n) is 4.44. The molecule has 0 aliphatic carbocycles. The second-order valence-electron chi connectivity index (χ2n) is 5.90. The highest BCUT2D eigenvalue weighted by molar-refractivity contribution is 5.79. The minimum atomic E-state index is -0.492. The van der Waals surface area contributed by atoms with Gasteiger partial charge < -0.3 is 4.57 Å². The number of nitro groups is 1. The molecule has 0 unspecified atom stereocenters. The van der Waals surface area contributed by atoms with Crippen LogP contribution < -0.4 is 11.2 Å². The summed E-state index contributed by atoms with van der Waals surface area (Å²) in [6, 6.07) is 5.82. The molecule has 0 aliphatic heterocycles. The van der Waals surface area contributed by atoms with Crippen LogP contribution in [0.3, 0.4) is 0 Å². The number of fused-ring (bicyclic) bond motifs is 3. The highest BCUT2D eigenvalue weighted by Crippen LogP contribution is 2.25. The van der Waals surface area contributed by atoms with Crippen LogP contribution in [-0.2, 0) is 21.1 Å². The zero-order chi connectivity index (χ0) is 18.7. The first kappa shape index (κ1) is 15.7. The molecule has 0 atom stereocenters. The summed E-state index contributed by atoms with van der Waals surface area (Å²) >= 11 is 0. The van der Waals surface area contributed by atoms with E-state index < -0.39 is 16.2 Å². The van der Waals surface area contributed by atoms with Gasteiger partial charge >= 0.3 is 5.69 Å². The molecule has 0 saturated carbocycles. The molecule has 0 saturated heterocycles. The van der Waals surface area contributed by atoms with E-state index in [2.05, 4.69) is 10.2 Å². The van der Waals surface area contributed by atoms with Crippen molar-refractivity contribution in [3.63, 3.8) is 0 Å². The Kier molecular flexibility index (Phi) is 3.10. The maximum atomic E-state index is 12.5. The lowest BCUT2D eigenvalue weighted by molar-refractivity contribution is -0.384. The van der Waals surface area contributed by atoms with Crippen LogP contribution in [0.1, 0.15) is 0 Å². The average molecular weight is 355 g/mol. The Hall–Kier alpha value is -3.76. The Bertz CT molecular complexity index is 1320. The SMILES string of the molecule is Cn1c(=O)c2c(n(C)c1=O)n1c(-c3ccc([N+](=O)[O-])cc3)nnc1n2C. The van der Waals surface area contributed by atoms with Gasteiger partial charge in [-0.15, -0.1) is 10.2 Å². The van der Waals surface area contributed by atoms with Crippen molar-refractivity contribution in [3.8, 4) is 11.4 Å². The first-order valence-corrected chi connectivity index (χ1v) is 7.57. The molecule has 4 aromatic rings. The highest BCUT2D eigenvalue weighted by Gasteiger charge is 2.22. The number of nitro benzene ring substituents is 1. The van der Waals surface area contributed by atoms with E-state index >= 15 is 0 Å². The van der Waals surface area contributed by atoms with Crippen LogP contribution >= 0.6 is 0 Å². The molecule has 0 aliphatic rings. The Morgan fingerprint density at radius 2 is 1.62 bits per heavy atom. The lowest BCUT2D eigenvalue weighted by Gasteiger charge is -2.05. The number of non-ortho nitro benzene ring substituents is 1. The van der Waals surface area contributed by atoms with Crippen LogP contribution in [0.4, 0.5) is 5.69 Å². The first-order chi connectivity index (χ1) is 12.3. The van der Waals surface area contributed by atoms with Gasteiger partial charge in [0.15, 0.2) is 17.0 Å². The monoisotopic (exact) mass is 355 g/mol. The Labute approximate surface area is 144 Å². The van der Waals surface area contributed by atoms with Crippen LogP contribution in [0.15, 0.2) is 33.9 Å². The van der Waals surface area contributed by atoms with E-state index in [1.54, 1.807) is 35.2 Å². The van der Waals surface area contributed by atoms with E-state index in [9.17, 15) is 19.7 Å². The van der Waals surface area contributed by atoms with E-state index in [-0.39, 0.29) is 5.69 Å². The summed E-state index contributed by atoms with van der Waals surface area (Å²) in [6.45, 7) is 0. The zero-order valence-electron chi connectivity index (χ0n) is 14.1. The van der Waals surface area contributed by atoms with E-state index in [0.717, 1.165) is 4.57 Å². The third kappa shape index (κ3) is 1.87. The van der Waals surface area contributed by atoms with Crippen molar-refractivity contribution in [1.29, 1.82) is 0 Å². The van der Waals surface area contributed by atoms with Gasteiger partial charge in [0.2, 0.25) is 5.78 Å². The van der Waals surface area contributed by atoms with E-state index in [0.29, 0.717) is 28.3 Å². The number of benzene rings is 1. The first-order valence-electron chi connectivity index (χ1n) is 7.57. The molecule has 132 valence electrons. The minimum absolute atomic E-state index is 0.0475. The molecule has 11 nitrogen and oxygen atoms in total. The van der Waals surface area contributed by atoms with Gasteiger partial charge in [0.05, 0.1) is 4.92 Å². The summed E-state index contributed by atoms with van der Waals surface area (Å²) in [4.78, 5) is 35.2. The van der Waals surface area contributed by atoms with Gasteiger partial charge in [0, 0.05) is 38.8 Å². The van der Waals surface area contributed by atoms with Crippen LogP contribution in [0.25, 0.3) is 28.3 Å². The van der Waals surface area contributed by atoms with Gasteiger partial charge in [-0.2, -0.15) is 0 Å². The van der Waals surface area contributed by atoms with Crippen molar-refractivity contribution in [2.45, 2.75) is 0 Å². The third-order valence-corrected chi connectivity index (χ3v) is 4.44. The number of rotatable bonds is 2. The van der Waals surface area contributed by atoms with E-state index in [1.807, 2.05) is 0 Å². The molecule has 0 fully saturated rings. The van der Waals surface area contributed by atoms with Crippen molar-refractivity contribution in [2.24, 2.45) is 21.1 Å². The molecule has 4 rings (SSSR count). The second-order valence-corrected chi connectivity index (χ2v) is 5.90. The van der Waals surface area contributed by atoms with Crippen molar-refractivity contribution >= 4 is 22.6 Å². The Morgan fingerprint density at radius 3 is 2.23 bits per heavy atom. The van der Waals surface area contributed by atoms with Gasteiger partial charge in [-0.3, -0.25) is 24.0 Å². The smallest absolute Gasteiger partial charge is 0.305 e. The lowest BCUT2D eigenvalue weighted by atomic mass is 10.2. The number of imidazole rings is 1. The fourth-order valence-electron chi connectivity index (χ4n) is 3.07. The maximum Gasteiger partial charge on any atom is 0.332 e. The van der Waals surface area contributed by atoms with Crippen LogP contribution in [0, 0.1) is 10.1 Å². The fraction of sp³-hybridized carbons (Fsp3) is 0.200. The predicted molar refractivity (Wildman–Crippen MR) is 92.0 cm³/mol. The molecule has 0 bridgehead atoms. The molecule has 0 N–H and O–H groups in total. The topological polar surface area (TPSA) is 122 Å². The summed E-state index contributed by atoms with van der Waals surface area (Å²) in [7, 11) is 4.64. The molecule has 0 spiro atoms. The molecule has 0 amide bonds. The number of nitrogens with zero attached hydrogens (tertiary/aromatic N) is 7. The highest BCUT2D eigenvalue weighted by atomic mass is 16.6. The molecule has 0 radical (unpaired) electrons. The van der Waals surface area contributed by atoms with E-state index in [1.165, 1.54) is 23.7 Å². The molecule has 26 heavy (non-hydrogen) atoms. The van der Waals surface area contributed by atoms with Crippen LogP contribution in [-0.4, -0.2) is 33.2 Å². The van der Waals surface area contributed by atoms with Crippen LogP contribution in [0.5, 0.6) is 0 Å². The van der Waals surface area contributed by atoms with Gasteiger partial charge in [0.25, 0.3) is 11.2 Å². The largest absolute Gasteiger partial charge is 0.332 e. The number of aryl methyl sites for hydroxylation is 2. The van der Waals surface area contributed by atoms with Crippen LogP contribution in [0.2, 0.25) is 0 Å². The maximum absolute atomic E-state index is 12.5. The average Bonchev–Trinajstić information content (AvgIpc) is 3.17. The summed E-state index contributed by atoms with van der Waals surface area (Å²) in [6.07, 6.45) is 0. The number of hydrogen-bond donors (Lipinski definition) is 0. The minimum Gasteiger partial charge on any atom is -0.305 e. The normalized spacial score (nSPS) is 11.5. The van der Waals surface area contributed by atoms with E-state index in [4.69, 9.17) is 0 Å². The van der Waals surface area contributed by atoms with Crippen molar-refractivity contribution in [1.82, 2.24) is 28.3 Å². The number of aromatic nitrogens is 6. The molecule has 3 heterocycles. The second kappa shape index (κ2) is 5.12. The summed E-state index contributed by atoms with van der Waals surface area (Å²) < 4.78 is 5.54. The van der Waals surface area contributed by atoms with Crippen molar-refractivity contribution < 1.29 is 4.92 Å². The summed E-state index contributed by atoms with van der Waals surface area (Å²) in [5, 5.41) is 19.1. The zero-order valence-corrected chi connectivity index (χ0v) is 14.1. The molecule has 11 heteroatoms. The molecule has 3 aromatic heterocycles. The molecular formula is C15H13N7O4. The molecule has 1 aromatic carbocycles. The number of hydrogen-bond acceptors (Lipinski definition) is 6. The summed E-state index contributed by atoms with van der Waals surface area (Å²) in [5.74, 6) is 0.760. The Morgan fingerprint density at radius 1 is 0.962 bits per heavy atom. The van der Waals surface area contributed by atoms with Gasteiger partial charge in [-0.1, -0.05) is 0 Å². The Balaban J connectivity index is 2.13.